The molecular weight excluding hydrogens is 444 g/mol. The van der Waals surface area contributed by atoms with Crippen molar-refractivity contribution < 1.29 is 19.4 Å². The Labute approximate surface area is 207 Å². The molecule has 2 N–H and O–H groups in total. The Bertz CT molecular complexity index is 1040. The van der Waals surface area contributed by atoms with Crippen LogP contribution in [-0.4, -0.2) is 72.9 Å². The number of amides is 1. The summed E-state index contributed by atoms with van der Waals surface area (Å²) in [6, 6.07) is 9.31. The highest BCUT2D eigenvalue weighted by atomic mass is 16.6. The second-order valence-corrected chi connectivity index (χ2v) is 10.0. The van der Waals surface area contributed by atoms with E-state index >= 15 is 0 Å². The highest BCUT2D eigenvalue weighted by Crippen LogP contribution is 2.34. The summed E-state index contributed by atoms with van der Waals surface area (Å²) < 4.78 is 11.3. The lowest BCUT2D eigenvalue weighted by molar-refractivity contribution is -0.126. The average Bonchev–Trinajstić information content (AvgIpc) is 3.55. The molecule has 0 spiro atoms. The number of aromatic nitrogens is 1. The number of anilines is 1. The van der Waals surface area contributed by atoms with Gasteiger partial charge in [0.15, 0.2) is 11.5 Å². The third-order valence-corrected chi connectivity index (χ3v) is 7.26. The molecule has 4 heterocycles. The molecule has 0 radical (unpaired) electrons. The van der Waals surface area contributed by atoms with Crippen LogP contribution in [0.15, 0.2) is 30.3 Å². The molecule has 0 aliphatic carbocycles. The van der Waals surface area contributed by atoms with Gasteiger partial charge in [-0.1, -0.05) is 6.07 Å². The summed E-state index contributed by atoms with van der Waals surface area (Å²) in [6.07, 6.45) is 2.27. The number of carbonyl (C=O) groups is 1. The fourth-order valence-corrected chi connectivity index (χ4v) is 5.45. The van der Waals surface area contributed by atoms with E-state index < -0.39 is 12.1 Å². The maximum absolute atomic E-state index is 13.4. The summed E-state index contributed by atoms with van der Waals surface area (Å²) in [5.74, 6) is 1.24. The Balaban J connectivity index is 1.28. The van der Waals surface area contributed by atoms with E-state index in [-0.39, 0.29) is 11.8 Å². The van der Waals surface area contributed by atoms with Crippen molar-refractivity contribution in [3.63, 3.8) is 0 Å². The molecule has 3 aliphatic heterocycles. The minimum atomic E-state index is -0.835. The Kier molecular flexibility index (Phi) is 7.11. The minimum absolute atomic E-state index is 0.00999. The van der Waals surface area contributed by atoms with E-state index in [9.17, 15) is 9.90 Å². The number of pyridine rings is 1. The summed E-state index contributed by atoms with van der Waals surface area (Å²) in [6.45, 7) is 9.15. The molecule has 2 saturated heterocycles. The first-order valence-corrected chi connectivity index (χ1v) is 12.8. The van der Waals surface area contributed by atoms with Gasteiger partial charge in [-0.2, -0.15) is 0 Å². The second kappa shape index (κ2) is 10.4. The van der Waals surface area contributed by atoms with Crippen molar-refractivity contribution in [2.45, 2.75) is 45.3 Å². The first-order chi connectivity index (χ1) is 17.0. The predicted molar refractivity (Wildman–Crippen MR) is 134 cm³/mol. The molecule has 1 amide bonds. The summed E-state index contributed by atoms with van der Waals surface area (Å²) in [5, 5.41) is 14.6. The maximum atomic E-state index is 13.4. The third-order valence-electron chi connectivity index (χ3n) is 7.26. The fraction of sp³-hybridized carbons (Fsp3) is 0.556. The monoisotopic (exact) mass is 480 g/mol. The highest BCUT2D eigenvalue weighted by Gasteiger charge is 2.33. The molecule has 2 aromatic rings. The summed E-state index contributed by atoms with van der Waals surface area (Å²) in [5.41, 5.74) is 3.83. The first kappa shape index (κ1) is 23.9. The van der Waals surface area contributed by atoms with Crippen LogP contribution in [0.5, 0.6) is 11.5 Å². The molecule has 1 aromatic heterocycles. The normalized spacial score (nSPS) is 21.7. The zero-order chi connectivity index (χ0) is 24.4. The van der Waals surface area contributed by atoms with Crippen LogP contribution >= 0.6 is 0 Å². The van der Waals surface area contributed by atoms with Crippen LogP contribution in [0.25, 0.3) is 0 Å². The lowest BCUT2D eigenvalue weighted by Gasteiger charge is -2.30. The molecule has 3 aliphatic rings. The number of carbonyl (C=O) groups excluding carboxylic acids is 1. The molecule has 8 nitrogen and oxygen atoms in total. The van der Waals surface area contributed by atoms with Gasteiger partial charge in [-0.15, -0.1) is 0 Å². The summed E-state index contributed by atoms with van der Waals surface area (Å²) in [4.78, 5) is 22.4. The zero-order valence-corrected chi connectivity index (χ0v) is 20.7. The molecule has 0 saturated carbocycles. The maximum Gasteiger partial charge on any atom is 0.225 e. The average molecular weight is 481 g/mol. The molecule has 3 atom stereocenters. The van der Waals surface area contributed by atoms with Crippen LogP contribution in [-0.2, 0) is 4.79 Å². The van der Waals surface area contributed by atoms with Crippen molar-refractivity contribution in [2.24, 2.45) is 5.92 Å². The van der Waals surface area contributed by atoms with Crippen LogP contribution in [0.4, 0.5) is 5.69 Å². The van der Waals surface area contributed by atoms with Crippen molar-refractivity contribution in [3.8, 4) is 11.5 Å². The van der Waals surface area contributed by atoms with E-state index in [0.717, 1.165) is 61.5 Å². The second-order valence-electron chi connectivity index (χ2n) is 10.0. The number of fused-ring (bicyclic) bond motifs is 1. The number of hydrogen-bond acceptors (Lipinski definition) is 7. The van der Waals surface area contributed by atoms with Crippen LogP contribution < -0.4 is 19.7 Å². The summed E-state index contributed by atoms with van der Waals surface area (Å²) in [7, 11) is 0. The van der Waals surface area contributed by atoms with Crippen molar-refractivity contribution >= 4 is 11.6 Å². The van der Waals surface area contributed by atoms with E-state index in [1.165, 1.54) is 0 Å². The Morgan fingerprint density at radius 1 is 1.09 bits per heavy atom. The van der Waals surface area contributed by atoms with Gasteiger partial charge in [0.05, 0.1) is 12.0 Å². The number of nitrogens with zero attached hydrogens (tertiary/aromatic N) is 3. The molecule has 2 fully saturated rings. The largest absolute Gasteiger partial charge is 0.486 e. The van der Waals surface area contributed by atoms with Gasteiger partial charge in [0.25, 0.3) is 0 Å². The van der Waals surface area contributed by atoms with Crippen molar-refractivity contribution in [3.05, 3.63) is 47.3 Å². The minimum Gasteiger partial charge on any atom is -0.486 e. The van der Waals surface area contributed by atoms with E-state index in [0.29, 0.717) is 37.8 Å². The van der Waals surface area contributed by atoms with Gasteiger partial charge < -0.3 is 29.7 Å². The topological polar surface area (TPSA) is 87.2 Å². The molecule has 1 unspecified atom stereocenters. The number of benzene rings is 1. The van der Waals surface area contributed by atoms with Gasteiger partial charge in [-0.05, 0) is 76.0 Å². The molecule has 188 valence electrons. The van der Waals surface area contributed by atoms with Crippen molar-refractivity contribution in [1.82, 2.24) is 15.2 Å². The lowest BCUT2D eigenvalue weighted by atomic mass is 9.99. The van der Waals surface area contributed by atoms with Gasteiger partial charge in [-0.25, -0.2) is 0 Å². The van der Waals surface area contributed by atoms with Gasteiger partial charge in [0, 0.05) is 36.7 Å². The lowest BCUT2D eigenvalue weighted by Crippen LogP contribution is -2.48. The van der Waals surface area contributed by atoms with E-state index in [1.807, 2.05) is 32.0 Å². The standard InChI is InChI=1S/C27H36N4O4/c1-18-13-22(14-19(2)28-18)31-10-7-21(16-31)27(33)29-23(17-30-8-3-4-9-30)26(32)20-5-6-24-25(15-20)35-12-11-34-24/h5-6,13-15,21,23,26,32H,3-4,7-12,16-17H2,1-2H3,(H,29,33)/t21?,23-,26-/m1/s1. The number of likely N-dealkylation sites (tertiary alicyclic amines) is 1. The molecule has 1 aromatic carbocycles. The molecule has 5 rings (SSSR count). The van der Waals surface area contributed by atoms with Crippen LogP contribution in [0, 0.1) is 19.8 Å². The van der Waals surface area contributed by atoms with Crippen molar-refractivity contribution in [2.75, 3.05) is 50.8 Å². The molecule has 8 heteroatoms. The van der Waals surface area contributed by atoms with E-state index in [1.54, 1.807) is 0 Å². The predicted octanol–water partition coefficient (Wildman–Crippen LogP) is 2.61. The summed E-state index contributed by atoms with van der Waals surface area (Å²) >= 11 is 0. The SMILES string of the molecule is Cc1cc(N2CCC(C(=O)N[C@H](CN3CCCC3)[C@H](O)c3ccc4c(c3)OCCO4)C2)cc(C)n1. The third kappa shape index (κ3) is 5.54. The van der Waals surface area contributed by atoms with E-state index in [4.69, 9.17) is 9.47 Å². The van der Waals surface area contributed by atoms with Gasteiger partial charge in [0.2, 0.25) is 5.91 Å². The number of rotatable bonds is 7. The van der Waals surface area contributed by atoms with Gasteiger partial charge in [-0.3, -0.25) is 9.78 Å². The van der Waals surface area contributed by atoms with Crippen LogP contribution in [0.1, 0.15) is 42.3 Å². The Hall–Kier alpha value is -2.84. The first-order valence-electron chi connectivity index (χ1n) is 12.8. The quantitative estimate of drug-likeness (QED) is 0.630. The van der Waals surface area contributed by atoms with E-state index in [2.05, 4.69) is 32.2 Å². The highest BCUT2D eigenvalue weighted by molar-refractivity contribution is 5.80. The van der Waals surface area contributed by atoms with Crippen LogP contribution in [0.3, 0.4) is 0 Å². The van der Waals surface area contributed by atoms with Gasteiger partial charge in [0.1, 0.15) is 19.3 Å². The number of aryl methyl sites for hydroxylation is 2. The Morgan fingerprint density at radius 2 is 1.80 bits per heavy atom. The number of nitrogens with one attached hydrogen (secondary N) is 1. The number of aliphatic hydroxyl groups excluding tert-OH is 1. The fourth-order valence-electron chi connectivity index (χ4n) is 5.45. The molecular formula is C27H36N4O4. The van der Waals surface area contributed by atoms with Gasteiger partial charge >= 0.3 is 0 Å². The zero-order valence-electron chi connectivity index (χ0n) is 20.7. The Morgan fingerprint density at radius 3 is 2.54 bits per heavy atom. The smallest absolute Gasteiger partial charge is 0.225 e. The number of ether oxygens (including phenoxy) is 2. The molecule has 0 bridgehead atoms. The number of hydrogen-bond donors (Lipinski definition) is 2. The molecule has 35 heavy (non-hydrogen) atoms. The number of aliphatic hydroxyl groups is 1. The van der Waals surface area contributed by atoms with Crippen molar-refractivity contribution in [1.29, 1.82) is 0 Å². The van der Waals surface area contributed by atoms with Crippen LogP contribution in [0.2, 0.25) is 0 Å².